The van der Waals surface area contributed by atoms with Crippen LogP contribution in [0.4, 0.5) is 0 Å². The molecule has 0 fully saturated rings. The van der Waals surface area contributed by atoms with Crippen molar-refractivity contribution in [1.29, 1.82) is 0 Å². The molecule has 0 amide bonds. The average molecular weight is 315 g/mol. The number of pyridine rings is 1. The Kier molecular flexibility index (Phi) is 6.40. The number of para-hydroxylation sites is 1. The topological polar surface area (TPSA) is 37.3 Å². The lowest BCUT2D eigenvalue weighted by molar-refractivity contribution is -0.914. The summed E-state index contributed by atoms with van der Waals surface area (Å²) in [6, 6.07) is 5.98. The summed E-state index contributed by atoms with van der Waals surface area (Å²) in [5.74, 6) is 0. The smallest absolute Gasteiger partial charge is 0.198 e. The van der Waals surface area contributed by atoms with Crippen LogP contribution < -0.4 is 10.3 Å². The van der Waals surface area contributed by atoms with E-state index in [1.54, 1.807) is 0 Å². The highest BCUT2D eigenvalue weighted by Crippen LogP contribution is 2.14. The number of fused-ring (bicyclic) bond motifs is 1. The fourth-order valence-electron chi connectivity index (χ4n) is 3.24. The molecule has 0 unspecified atom stereocenters. The molecule has 3 heteroatoms. The first-order valence-electron chi connectivity index (χ1n) is 9.03. The first-order chi connectivity index (χ1) is 11.1. The van der Waals surface area contributed by atoms with Gasteiger partial charge in [-0.3, -0.25) is 4.79 Å². The number of rotatable bonds is 8. The summed E-state index contributed by atoms with van der Waals surface area (Å²) >= 11 is 0. The van der Waals surface area contributed by atoms with Crippen molar-refractivity contribution in [3.63, 3.8) is 0 Å². The molecule has 2 aromatic rings. The summed E-state index contributed by atoms with van der Waals surface area (Å²) in [5, 5.41) is 0.830. The van der Waals surface area contributed by atoms with Crippen LogP contribution in [0.25, 0.3) is 10.9 Å². The van der Waals surface area contributed by atoms with Gasteiger partial charge >= 0.3 is 0 Å². The van der Waals surface area contributed by atoms with Crippen LogP contribution in [0.5, 0.6) is 0 Å². The number of aromatic nitrogens is 1. The summed E-state index contributed by atoms with van der Waals surface area (Å²) in [6.07, 6.45) is 4.87. The van der Waals surface area contributed by atoms with Crippen LogP contribution in [0, 0.1) is 13.8 Å². The van der Waals surface area contributed by atoms with E-state index in [-0.39, 0.29) is 5.43 Å². The van der Waals surface area contributed by atoms with Gasteiger partial charge in [-0.25, -0.2) is 0 Å². The van der Waals surface area contributed by atoms with Gasteiger partial charge in [0, 0.05) is 11.1 Å². The normalized spacial score (nSPS) is 11.5. The Morgan fingerprint density at radius 1 is 1.04 bits per heavy atom. The van der Waals surface area contributed by atoms with Crippen molar-refractivity contribution in [3.05, 3.63) is 45.2 Å². The van der Waals surface area contributed by atoms with E-state index in [0.717, 1.165) is 47.4 Å². The van der Waals surface area contributed by atoms with Gasteiger partial charge in [-0.15, -0.1) is 0 Å². The summed E-state index contributed by atoms with van der Waals surface area (Å²) in [4.78, 5) is 18.0. The fourth-order valence-corrected chi connectivity index (χ4v) is 3.24. The van der Waals surface area contributed by atoms with Gasteiger partial charge < -0.3 is 9.88 Å². The highest BCUT2D eigenvalue weighted by molar-refractivity contribution is 5.82. The summed E-state index contributed by atoms with van der Waals surface area (Å²) in [7, 11) is 0. The summed E-state index contributed by atoms with van der Waals surface area (Å²) in [6.45, 7) is 11.7. The number of quaternary nitrogens is 1. The van der Waals surface area contributed by atoms with Crippen LogP contribution >= 0.6 is 0 Å². The molecule has 1 aromatic heterocycles. The molecule has 2 rings (SSSR count). The molecular formula is C20H31N2O+. The molecule has 2 N–H and O–H groups in total. The lowest BCUT2D eigenvalue weighted by Crippen LogP contribution is -3.10. The number of benzene rings is 1. The van der Waals surface area contributed by atoms with Crippen LogP contribution in [0.15, 0.2) is 23.0 Å². The van der Waals surface area contributed by atoms with Crippen molar-refractivity contribution in [2.75, 3.05) is 13.1 Å². The molecule has 0 saturated carbocycles. The molecule has 0 saturated heterocycles. The zero-order chi connectivity index (χ0) is 16.8. The molecule has 23 heavy (non-hydrogen) atoms. The third-order valence-corrected chi connectivity index (χ3v) is 4.75. The van der Waals surface area contributed by atoms with Crippen molar-refractivity contribution in [1.82, 2.24) is 4.98 Å². The van der Waals surface area contributed by atoms with E-state index in [4.69, 9.17) is 0 Å². The molecule has 0 aliphatic carbocycles. The van der Waals surface area contributed by atoms with Gasteiger partial charge in [-0.2, -0.15) is 0 Å². The predicted octanol–water partition coefficient (Wildman–Crippen LogP) is 3.13. The van der Waals surface area contributed by atoms with E-state index in [1.807, 2.05) is 19.1 Å². The van der Waals surface area contributed by atoms with Crippen molar-refractivity contribution in [2.24, 2.45) is 0 Å². The average Bonchev–Trinajstić information content (AvgIpc) is 2.54. The molecule has 1 aromatic carbocycles. The zero-order valence-electron chi connectivity index (χ0n) is 15.1. The minimum absolute atomic E-state index is 0.213. The molecule has 126 valence electrons. The monoisotopic (exact) mass is 315 g/mol. The van der Waals surface area contributed by atoms with Gasteiger partial charge in [-0.05, 0) is 38.3 Å². The van der Waals surface area contributed by atoms with Crippen LogP contribution in [-0.2, 0) is 6.54 Å². The maximum atomic E-state index is 13.0. The fraction of sp³-hybridized carbons (Fsp3) is 0.550. The number of unbranched alkanes of at least 4 members (excludes halogenated alkanes) is 2. The SMILES string of the molecule is CCCC[NH+](CCCC)Cc1c(C)[nH]c2c(C)cccc2c1=O. The van der Waals surface area contributed by atoms with E-state index < -0.39 is 0 Å². The van der Waals surface area contributed by atoms with E-state index >= 15 is 0 Å². The predicted molar refractivity (Wildman–Crippen MR) is 98.3 cm³/mol. The first-order valence-corrected chi connectivity index (χ1v) is 9.03. The Balaban J connectivity index is 2.35. The second-order valence-corrected chi connectivity index (χ2v) is 6.69. The van der Waals surface area contributed by atoms with Gasteiger partial charge in [-0.1, -0.05) is 38.8 Å². The second kappa shape index (κ2) is 8.30. The molecule has 0 spiro atoms. The third-order valence-electron chi connectivity index (χ3n) is 4.75. The first kappa shape index (κ1) is 17.7. The minimum Gasteiger partial charge on any atom is -0.358 e. The molecular weight excluding hydrogens is 284 g/mol. The van der Waals surface area contributed by atoms with Crippen molar-refractivity contribution in [3.8, 4) is 0 Å². The van der Waals surface area contributed by atoms with E-state index in [0.29, 0.717) is 0 Å². The number of hydrogen-bond acceptors (Lipinski definition) is 1. The quantitative estimate of drug-likeness (QED) is 0.771. The second-order valence-electron chi connectivity index (χ2n) is 6.69. The number of aryl methyl sites for hydroxylation is 2. The van der Waals surface area contributed by atoms with E-state index in [9.17, 15) is 4.79 Å². The van der Waals surface area contributed by atoms with Crippen molar-refractivity contribution < 1.29 is 4.90 Å². The molecule has 1 heterocycles. The summed E-state index contributed by atoms with van der Waals surface area (Å²) in [5.41, 5.74) is 4.33. The summed E-state index contributed by atoms with van der Waals surface area (Å²) < 4.78 is 0. The Labute approximate surface area is 139 Å². The number of H-pyrrole nitrogens is 1. The lowest BCUT2D eigenvalue weighted by Gasteiger charge is -2.20. The maximum Gasteiger partial charge on any atom is 0.198 e. The largest absolute Gasteiger partial charge is 0.358 e. The molecule has 0 aliphatic heterocycles. The number of hydrogen-bond donors (Lipinski definition) is 2. The Bertz CT molecular complexity index is 695. The molecule has 0 radical (unpaired) electrons. The third kappa shape index (κ3) is 4.23. The lowest BCUT2D eigenvalue weighted by atomic mass is 10.1. The van der Waals surface area contributed by atoms with E-state index in [1.165, 1.54) is 30.6 Å². The van der Waals surface area contributed by atoms with Gasteiger partial charge in [0.1, 0.15) is 6.54 Å². The maximum absolute atomic E-state index is 13.0. The van der Waals surface area contributed by atoms with Crippen molar-refractivity contribution in [2.45, 2.75) is 59.9 Å². The van der Waals surface area contributed by atoms with E-state index in [2.05, 4.69) is 31.8 Å². The highest BCUT2D eigenvalue weighted by Gasteiger charge is 2.16. The molecule has 3 nitrogen and oxygen atoms in total. The zero-order valence-corrected chi connectivity index (χ0v) is 15.1. The molecule has 0 bridgehead atoms. The molecule has 0 atom stereocenters. The van der Waals surface area contributed by atoms with Crippen LogP contribution in [0.1, 0.15) is 56.4 Å². The highest BCUT2D eigenvalue weighted by atomic mass is 16.1. The molecule has 0 aliphatic rings. The number of aromatic amines is 1. The van der Waals surface area contributed by atoms with Crippen molar-refractivity contribution >= 4 is 10.9 Å². The van der Waals surface area contributed by atoms with Crippen LogP contribution in [-0.4, -0.2) is 18.1 Å². The van der Waals surface area contributed by atoms with Gasteiger partial charge in [0.25, 0.3) is 0 Å². The standard InChI is InChI=1S/C20H30N2O/c1-5-7-12-22(13-8-6-2)14-18-16(4)21-19-15(3)10-9-11-17(19)20(18)23/h9-11H,5-8,12-14H2,1-4H3,(H,21,23)/p+1. The van der Waals surface area contributed by atoms with Gasteiger partial charge in [0.05, 0.1) is 24.2 Å². The van der Waals surface area contributed by atoms with Crippen LogP contribution in [0.3, 0.4) is 0 Å². The minimum atomic E-state index is 0.213. The van der Waals surface area contributed by atoms with Gasteiger partial charge in [0.15, 0.2) is 5.43 Å². The Morgan fingerprint density at radius 2 is 1.70 bits per heavy atom. The number of nitrogens with one attached hydrogen (secondary N) is 2. The Hall–Kier alpha value is -1.61. The van der Waals surface area contributed by atoms with Gasteiger partial charge in [0.2, 0.25) is 0 Å². The Morgan fingerprint density at radius 3 is 2.30 bits per heavy atom. The van der Waals surface area contributed by atoms with Crippen LogP contribution in [0.2, 0.25) is 0 Å².